The van der Waals surface area contributed by atoms with Crippen LogP contribution in [-0.2, 0) is 51.0 Å². The Morgan fingerprint density at radius 2 is 1.00 bits per heavy atom. The van der Waals surface area contributed by atoms with E-state index in [2.05, 4.69) is 66.4 Å². The molecular formula is C71H117N13O14S2. The number of aromatic nitrogens is 8. The lowest BCUT2D eigenvalue weighted by atomic mass is 10.1. The second kappa shape index (κ2) is 47.4. The lowest BCUT2D eigenvalue weighted by Crippen LogP contribution is -2.42. The molecule has 4 aromatic rings. The minimum absolute atomic E-state index is 0.00764. The number of nitrogens with zero attached hydrogens (tertiary/aromatic N) is 13. The molecule has 0 spiro atoms. The summed E-state index contributed by atoms with van der Waals surface area (Å²) in [5.41, 5.74) is 8.15. The molecule has 3 saturated heterocycles. The van der Waals surface area contributed by atoms with Crippen molar-refractivity contribution in [2.24, 2.45) is 5.11 Å². The van der Waals surface area contributed by atoms with E-state index in [-0.39, 0.29) is 57.6 Å². The monoisotopic (exact) mass is 1440 g/mol. The third-order valence-corrected chi connectivity index (χ3v) is 19.3. The second-order valence-electron chi connectivity index (χ2n) is 25.3. The molecule has 1 unspecified atom stereocenters. The first kappa shape index (κ1) is 84.8. The van der Waals surface area contributed by atoms with Crippen LogP contribution in [0.25, 0.3) is 10.4 Å². The SMILES string of the molecule is CCCCOC[C@@H]1C=C[C@H](n2cc(C)c(=O)n(CCCC)c2=O)O1.CCCCOC[C@H]1O[C@@H](n2cc(C)c(=O)n(CCCC)c2=O)CC1N=[N+]=[N-].CCCCOC[C@H]1O[C@@H](n2ccc(N(C)CC)nc2=O)CS1.CCCCOC[C@H]1O[C@@H](n2ccc(N(CCCC)CCCC)nc2=O)CS1. The average molecular weight is 1440 g/mol. The fraction of sp³-hybridized carbons (Fsp3) is 0.746. The molecule has 8 rings (SSSR count). The molecule has 4 aliphatic heterocycles. The van der Waals surface area contributed by atoms with Crippen LogP contribution in [0.4, 0.5) is 11.6 Å². The van der Waals surface area contributed by atoms with E-state index in [9.17, 15) is 28.8 Å². The quantitative estimate of drug-likeness (QED) is 0.0131. The minimum Gasteiger partial charge on any atom is -0.379 e. The Bertz CT molecular complexity index is 3460. The van der Waals surface area contributed by atoms with Gasteiger partial charge in [-0.3, -0.25) is 37.0 Å². The van der Waals surface area contributed by atoms with Gasteiger partial charge in [-0.2, -0.15) is 9.97 Å². The molecule has 29 heteroatoms. The molecule has 0 saturated carbocycles. The van der Waals surface area contributed by atoms with Gasteiger partial charge in [0.2, 0.25) is 0 Å². The fourth-order valence-corrected chi connectivity index (χ4v) is 12.9. The van der Waals surface area contributed by atoms with Crippen molar-refractivity contribution in [2.75, 3.05) is 101 Å². The number of ether oxygens (including phenoxy) is 8. The predicted octanol–water partition coefficient (Wildman–Crippen LogP) is 11.4. The van der Waals surface area contributed by atoms with Crippen LogP contribution in [0.2, 0.25) is 0 Å². The van der Waals surface area contributed by atoms with E-state index >= 15 is 0 Å². The average Bonchev–Trinajstić information content (AvgIpc) is 1.74. The maximum atomic E-state index is 12.8. The number of rotatable bonds is 40. The van der Waals surface area contributed by atoms with Gasteiger partial charge in [0, 0.05) is 125 Å². The summed E-state index contributed by atoms with van der Waals surface area (Å²) in [6.45, 7) is 30.6. The molecule has 0 amide bonds. The molecule has 0 aromatic carbocycles. The number of hydrogen-bond donors (Lipinski definition) is 0. The van der Waals surface area contributed by atoms with Crippen LogP contribution in [0.5, 0.6) is 0 Å². The normalized spacial score (nSPS) is 20.7. The Hall–Kier alpha value is -5.85. The van der Waals surface area contributed by atoms with Crippen LogP contribution in [0.15, 0.2) is 83.0 Å². The van der Waals surface area contributed by atoms with E-state index in [0.717, 1.165) is 160 Å². The van der Waals surface area contributed by atoms with E-state index in [4.69, 9.17) is 43.4 Å². The van der Waals surface area contributed by atoms with Crippen LogP contribution >= 0.6 is 23.5 Å². The van der Waals surface area contributed by atoms with E-state index in [0.29, 0.717) is 69.5 Å². The Morgan fingerprint density at radius 1 is 0.550 bits per heavy atom. The second-order valence-corrected chi connectivity index (χ2v) is 27.7. The predicted molar refractivity (Wildman–Crippen MR) is 397 cm³/mol. The first-order chi connectivity index (χ1) is 48.4. The van der Waals surface area contributed by atoms with Crippen molar-refractivity contribution in [1.82, 2.24) is 37.4 Å². The molecule has 4 aliphatic rings. The van der Waals surface area contributed by atoms with Crippen molar-refractivity contribution in [3.63, 3.8) is 0 Å². The molecule has 100 heavy (non-hydrogen) atoms. The summed E-state index contributed by atoms with van der Waals surface area (Å²) in [5, 5.41) is 3.81. The van der Waals surface area contributed by atoms with E-state index < -0.39 is 30.3 Å². The highest BCUT2D eigenvalue weighted by Gasteiger charge is 2.37. The minimum atomic E-state index is -0.583. The molecule has 0 radical (unpaired) electrons. The number of unbranched alkanes of at least 4 members (excludes halogenated alkanes) is 8. The van der Waals surface area contributed by atoms with E-state index in [1.807, 2.05) is 63.2 Å². The third kappa shape index (κ3) is 27.1. The summed E-state index contributed by atoms with van der Waals surface area (Å²) in [5.74, 6) is 2.96. The van der Waals surface area contributed by atoms with Gasteiger partial charge in [0.25, 0.3) is 11.1 Å². The molecule has 3 fully saturated rings. The first-order valence-electron chi connectivity index (χ1n) is 36.6. The van der Waals surface area contributed by atoms with Crippen LogP contribution in [0.1, 0.15) is 208 Å². The summed E-state index contributed by atoms with van der Waals surface area (Å²) in [4.78, 5) is 90.2. The van der Waals surface area contributed by atoms with Crippen LogP contribution in [0, 0.1) is 13.8 Å². The van der Waals surface area contributed by atoms with Crippen molar-refractivity contribution >= 4 is 35.2 Å². The summed E-state index contributed by atoms with van der Waals surface area (Å²) >= 11 is 3.38. The Labute approximate surface area is 599 Å². The maximum Gasteiger partial charge on any atom is 0.351 e. The van der Waals surface area contributed by atoms with Crippen LogP contribution in [-0.4, -0.2) is 158 Å². The van der Waals surface area contributed by atoms with E-state index in [1.54, 1.807) is 58.9 Å². The highest BCUT2D eigenvalue weighted by Crippen LogP contribution is 2.34. The molecule has 4 aromatic heterocycles. The number of aryl methyl sites for hydroxylation is 2. The lowest BCUT2D eigenvalue weighted by Gasteiger charge is -2.24. The van der Waals surface area contributed by atoms with Gasteiger partial charge in [0.1, 0.15) is 47.3 Å². The molecule has 27 nitrogen and oxygen atoms in total. The van der Waals surface area contributed by atoms with Crippen molar-refractivity contribution < 1.29 is 37.9 Å². The third-order valence-electron chi connectivity index (χ3n) is 17.1. The Kier molecular flexibility index (Phi) is 40.2. The topological polar surface area (TPSA) is 287 Å². The van der Waals surface area contributed by atoms with E-state index in [1.165, 1.54) is 24.5 Å². The molecular weight excluding hydrogens is 1320 g/mol. The van der Waals surface area contributed by atoms with Crippen LogP contribution < -0.4 is 43.7 Å². The van der Waals surface area contributed by atoms with Gasteiger partial charge < -0.3 is 47.7 Å². The Balaban J connectivity index is 0.000000241. The van der Waals surface area contributed by atoms with Crippen molar-refractivity contribution in [3.05, 3.63) is 133 Å². The van der Waals surface area contributed by atoms with Gasteiger partial charge in [-0.15, -0.1) is 23.5 Å². The zero-order valence-electron chi connectivity index (χ0n) is 61.8. The zero-order chi connectivity index (χ0) is 72.8. The van der Waals surface area contributed by atoms with Gasteiger partial charge >= 0.3 is 22.8 Å². The lowest BCUT2D eigenvalue weighted by molar-refractivity contribution is -0.0461. The highest BCUT2D eigenvalue weighted by atomic mass is 32.2. The van der Waals surface area contributed by atoms with Gasteiger partial charge in [-0.05, 0) is 95.9 Å². The highest BCUT2D eigenvalue weighted by molar-refractivity contribution is 8.00. The molecule has 0 N–H and O–H groups in total. The van der Waals surface area contributed by atoms with Crippen molar-refractivity contribution in [3.8, 4) is 0 Å². The van der Waals surface area contributed by atoms with Crippen molar-refractivity contribution in [1.29, 1.82) is 0 Å². The Morgan fingerprint density at radius 3 is 1.47 bits per heavy atom. The number of anilines is 2. The summed E-state index contributed by atoms with van der Waals surface area (Å²) < 4.78 is 54.8. The standard InChI is InChI=1S/C20H35N3O3S.C18H29N5O4.C18H28N2O4.C15H25N3O3S/c1-4-7-11-22(12-8-5-2)17-10-13-23(20(24)21-17)18-16-27-19(26-18)15-25-14-9-6-3;1-4-6-8-22-17(24)13(3)11-23(18(22)25)16-10-14(20-21-19)15(27-16)12-26-9-7-5-2;1-4-6-10-19-17(21)14(3)12-20(18(19)22)16-9-8-15(24-16)13-23-11-7-5-2;1-4-6-9-20-10-14-21-13(11-22-14)18-8-7-12(16-15(18)19)17(3)5-2/h10,13,18-19H,4-9,11-12,14-16H2,1-3H3;11,14-16H,4-10,12H2,1-3H3;8-9,12,15-16H,4-7,10-11,13H2,1-3H3;7-8,13-14H,4-6,9-11H2,1-3H3/t18-,19+;14?,15-,16-;15-,16+;13-,14+/m1101/s1. The molecule has 9 atom stereocenters. The molecule has 0 aliphatic carbocycles. The number of thioether (sulfide) groups is 2. The molecule has 0 bridgehead atoms. The molecule has 562 valence electrons. The smallest absolute Gasteiger partial charge is 0.351 e. The summed E-state index contributed by atoms with van der Waals surface area (Å²) in [6, 6.07) is 3.39. The summed E-state index contributed by atoms with van der Waals surface area (Å²) in [7, 11) is 1.91. The van der Waals surface area contributed by atoms with Crippen LogP contribution in [0.3, 0.4) is 0 Å². The molecule has 8 heterocycles. The summed E-state index contributed by atoms with van der Waals surface area (Å²) in [6.07, 6.45) is 25.0. The van der Waals surface area contributed by atoms with Gasteiger partial charge in [0.15, 0.2) is 6.23 Å². The first-order valence-corrected chi connectivity index (χ1v) is 38.7. The van der Waals surface area contributed by atoms with Gasteiger partial charge in [-0.25, -0.2) is 19.2 Å². The van der Waals surface area contributed by atoms with Crippen molar-refractivity contribution in [2.45, 2.75) is 252 Å². The van der Waals surface area contributed by atoms with Gasteiger partial charge in [-0.1, -0.05) is 118 Å². The number of azide groups is 1. The fourth-order valence-electron chi connectivity index (χ4n) is 10.8. The van der Waals surface area contributed by atoms with Gasteiger partial charge in [0.05, 0.1) is 38.6 Å². The maximum absolute atomic E-state index is 12.8. The largest absolute Gasteiger partial charge is 0.379 e. The zero-order valence-corrected chi connectivity index (χ0v) is 63.4. The number of hydrogen-bond acceptors (Lipinski definition) is 21.